The monoisotopic (exact) mass is 248 g/mol. The first-order chi connectivity index (χ1) is 7.34. The van der Waals surface area contributed by atoms with E-state index in [1.807, 2.05) is 0 Å². The molecule has 0 saturated carbocycles. The molecule has 0 radical (unpaired) electrons. The number of nitrogens with two attached hydrogens (primary N) is 1. The number of hydrogen-bond acceptors (Lipinski definition) is 7. The van der Waals surface area contributed by atoms with Gasteiger partial charge in [-0.3, -0.25) is 11.3 Å². The molecule has 0 fully saturated rings. The molecule has 2 atom stereocenters. The average Bonchev–Trinajstić information content (AvgIpc) is 2.58. The smallest absolute Gasteiger partial charge is 0.176 e. The van der Waals surface area contributed by atoms with Crippen LogP contribution in [-0.4, -0.2) is 46.2 Å². The van der Waals surface area contributed by atoms with Gasteiger partial charge in [-0.05, 0) is 12.1 Å². The van der Waals surface area contributed by atoms with E-state index in [0.29, 0.717) is 12.2 Å². The van der Waals surface area contributed by atoms with E-state index >= 15 is 0 Å². The van der Waals surface area contributed by atoms with Crippen molar-refractivity contribution in [2.24, 2.45) is 12.9 Å². The molecule has 0 aliphatic carbocycles. The summed E-state index contributed by atoms with van der Waals surface area (Å²) >= 11 is 0. The highest BCUT2D eigenvalue weighted by molar-refractivity contribution is 7.91. The molecule has 0 aliphatic rings. The van der Waals surface area contributed by atoms with Gasteiger partial charge in [0.2, 0.25) is 0 Å². The molecule has 0 aromatic carbocycles. The van der Waals surface area contributed by atoms with Gasteiger partial charge in [-0.15, -0.1) is 10.2 Å². The second-order valence-electron chi connectivity index (χ2n) is 3.71. The Hall–Kier alpha value is -1.06. The van der Waals surface area contributed by atoms with Crippen LogP contribution in [0.15, 0.2) is 0 Å². The first-order valence-electron chi connectivity index (χ1n) is 4.72. The zero-order valence-corrected chi connectivity index (χ0v) is 10.3. The fourth-order valence-electron chi connectivity index (χ4n) is 1.26. The van der Waals surface area contributed by atoms with Gasteiger partial charge >= 0.3 is 0 Å². The zero-order chi connectivity index (χ0) is 12.3. The Morgan fingerprint density at radius 3 is 2.56 bits per heavy atom. The molecule has 1 rings (SSSR count). The van der Waals surface area contributed by atoms with E-state index in [9.17, 15) is 8.42 Å². The Balaban J connectivity index is 2.77. The van der Waals surface area contributed by atoms with E-state index in [4.69, 9.17) is 5.84 Å². The van der Waals surface area contributed by atoms with Gasteiger partial charge in [0.05, 0.1) is 12.3 Å². The van der Waals surface area contributed by atoms with E-state index in [-0.39, 0.29) is 0 Å². The third kappa shape index (κ3) is 3.22. The van der Waals surface area contributed by atoms with Crippen LogP contribution in [0, 0.1) is 0 Å². The molecule has 3 N–H and O–H groups in total. The molecule has 1 aromatic rings. The molecule has 0 spiro atoms. The van der Waals surface area contributed by atoms with Crippen molar-refractivity contribution in [1.29, 1.82) is 0 Å². The first kappa shape index (κ1) is 13.0. The standard InChI is InChI=1S/C7H16N6O2S/c1-5(16(3,14)15)6(9-8)4-7-10-12-13(2)11-7/h5-6,9H,4,8H2,1-3H3. The number of aryl methyl sites for hydroxylation is 1. The third-order valence-electron chi connectivity index (χ3n) is 2.41. The lowest BCUT2D eigenvalue weighted by molar-refractivity contribution is 0.485. The molecule has 0 amide bonds. The molecule has 16 heavy (non-hydrogen) atoms. The number of hydrazine groups is 1. The number of nitrogens with zero attached hydrogens (tertiary/aromatic N) is 4. The molecule has 1 heterocycles. The van der Waals surface area contributed by atoms with Crippen molar-refractivity contribution < 1.29 is 8.42 Å². The van der Waals surface area contributed by atoms with Crippen molar-refractivity contribution in [3.63, 3.8) is 0 Å². The molecule has 2 unspecified atom stereocenters. The normalized spacial score (nSPS) is 16.0. The SMILES string of the molecule is CC(C(Cc1nnn(C)n1)NN)S(C)(=O)=O. The third-order valence-corrected chi connectivity index (χ3v) is 4.09. The van der Waals surface area contributed by atoms with Crippen LogP contribution in [0.25, 0.3) is 0 Å². The van der Waals surface area contributed by atoms with Crippen molar-refractivity contribution in [1.82, 2.24) is 25.6 Å². The predicted molar refractivity (Wildman–Crippen MR) is 57.9 cm³/mol. The number of nitrogens with one attached hydrogen (secondary N) is 1. The summed E-state index contributed by atoms with van der Waals surface area (Å²) in [6.45, 7) is 1.59. The van der Waals surface area contributed by atoms with Crippen LogP contribution in [0.3, 0.4) is 0 Å². The predicted octanol–water partition coefficient (Wildman–Crippen LogP) is -1.98. The van der Waals surface area contributed by atoms with Crippen LogP contribution in [0.4, 0.5) is 0 Å². The maximum atomic E-state index is 11.4. The molecule has 8 nitrogen and oxygen atoms in total. The minimum atomic E-state index is -3.15. The van der Waals surface area contributed by atoms with E-state index < -0.39 is 21.1 Å². The lowest BCUT2D eigenvalue weighted by atomic mass is 10.1. The Morgan fingerprint density at radius 2 is 2.19 bits per heavy atom. The van der Waals surface area contributed by atoms with Gasteiger partial charge in [0, 0.05) is 18.7 Å². The highest BCUT2D eigenvalue weighted by atomic mass is 32.2. The lowest BCUT2D eigenvalue weighted by Crippen LogP contribution is -2.47. The summed E-state index contributed by atoms with van der Waals surface area (Å²) in [6.07, 6.45) is 1.49. The van der Waals surface area contributed by atoms with Gasteiger partial charge in [-0.25, -0.2) is 8.42 Å². The Morgan fingerprint density at radius 1 is 1.56 bits per heavy atom. The van der Waals surface area contributed by atoms with E-state index in [2.05, 4.69) is 20.8 Å². The summed E-state index contributed by atoms with van der Waals surface area (Å²) in [4.78, 5) is 1.31. The summed E-state index contributed by atoms with van der Waals surface area (Å²) in [6, 6.07) is -0.431. The van der Waals surface area contributed by atoms with Crippen molar-refractivity contribution in [2.75, 3.05) is 6.26 Å². The van der Waals surface area contributed by atoms with Crippen molar-refractivity contribution >= 4 is 9.84 Å². The largest absolute Gasteiger partial charge is 0.271 e. The topological polar surface area (TPSA) is 116 Å². The van der Waals surface area contributed by atoms with Crippen LogP contribution in [0.5, 0.6) is 0 Å². The van der Waals surface area contributed by atoms with Gasteiger partial charge < -0.3 is 0 Å². The van der Waals surface area contributed by atoms with Crippen LogP contribution in [-0.2, 0) is 23.3 Å². The van der Waals surface area contributed by atoms with Crippen molar-refractivity contribution in [3.8, 4) is 0 Å². The number of sulfone groups is 1. The van der Waals surface area contributed by atoms with Crippen molar-refractivity contribution in [2.45, 2.75) is 24.6 Å². The van der Waals surface area contributed by atoms with E-state index in [0.717, 1.165) is 0 Å². The quantitative estimate of drug-likeness (QED) is 0.458. The van der Waals surface area contributed by atoms with Gasteiger partial charge in [-0.2, -0.15) is 4.80 Å². The summed E-state index contributed by atoms with van der Waals surface area (Å²) in [5, 5.41) is 10.8. The Kier molecular flexibility index (Phi) is 3.94. The fraction of sp³-hybridized carbons (Fsp3) is 0.857. The van der Waals surface area contributed by atoms with Gasteiger partial charge in [0.25, 0.3) is 0 Å². The number of aromatic nitrogens is 4. The highest BCUT2D eigenvalue weighted by Crippen LogP contribution is 2.07. The molecular formula is C7H16N6O2S. The molecule has 9 heteroatoms. The van der Waals surface area contributed by atoms with E-state index in [1.165, 1.54) is 11.1 Å². The molecular weight excluding hydrogens is 232 g/mol. The number of hydrogen-bond donors (Lipinski definition) is 2. The molecule has 0 saturated heterocycles. The number of tetrazole rings is 1. The minimum Gasteiger partial charge on any atom is -0.271 e. The van der Waals surface area contributed by atoms with Crippen LogP contribution >= 0.6 is 0 Å². The van der Waals surface area contributed by atoms with Crippen LogP contribution < -0.4 is 11.3 Å². The van der Waals surface area contributed by atoms with Gasteiger partial charge in [-0.1, -0.05) is 0 Å². The summed E-state index contributed by atoms with van der Waals surface area (Å²) < 4.78 is 22.7. The maximum absolute atomic E-state index is 11.4. The molecule has 0 bridgehead atoms. The Labute approximate surface area is 94.1 Å². The Bertz CT molecular complexity index is 441. The van der Waals surface area contributed by atoms with Gasteiger partial charge in [0.1, 0.15) is 0 Å². The number of rotatable bonds is 5. The minimum absolute atomic E-state index is 0.318. The second kappa shape index (κ2) is 4.85. The first-order valence-corrected chi connectivity index (χ1v) is 6.68. The summed E-state index contributed by atoms with van der Waals surface area (Å²) in [7, 11) is -1.51. The van der Waals surface area contributed by atoms with Crippen molar-refractivity contribution in [3.05, 3.63) is 5.82 Å². The molecule has 0 aliphatic heterocycles. The second-order valence-corrected chi connectivity index (χ2v) is 6.11. The van der Waals surface area contributed by atoms with Crippen LogP contribution in [0.2, 0.25) is 0 Å². The lowest BCUT2D eigenvalue weighted by Gasteiger charge is -2.20. The highest BCUT2D eigenvalue weighted by Gasteiger charge is 2.26. The van der Waals surface area contributed by atoms with Gasteiger partial charge in [0.15, 0.2) is 15.7 Å². The van der Waals surface area contributed by atoms with E-state index in [1.54, 1.807) is 14.0 Å². The maximum Gasteiger partial charge on any atom is 0.176 e. The molecule has 1 aromatic heterocycles. The fourth-order valence-corrected chi connectivity index (χ4v) is 2.03. The average molecular weight is 248 g/mol. The van der Waals surface area contributed by atoms with Crippen LogP contribution in [0.1, 0.15) is 12.7 Å². The summed E-state index contributed by atoms with van der Waals surface area (Å²) in [5.74, 6) is 5.79. The molecule has 92 valence electrons. The zero-order valence-electron chi connectivity index (χ0n) is 9.45. The summed E-state index contributed by atoms with van der Waals surface area (Å²) in [5.41, 5.74) is 2.47.